The van der Waals surface area contributed by atoms with Crippen LogP contribution in [0.2, 0.25) is 0 Å². The van der Waals surface area contributed by atoms with Crippen LogP contribution in [0.4, 0.5) is 4.39 Å². The number of aryl methyl sites for hydroxylation is 1. The van der Waals surface area contributed by atoms with E-state index in [2.05, 4.69) is 20.8 Å². The molecule has 1 rings (SSSR count). The van der Waals surface area contributed by atoms with Gasteiger partial charge in [-0.05, 0) is 61.4 Å². The largest absolute Gasteiger partial charge is 0.330 e. The Labute approximate surface area is 121 Å². The van der Waals surface area contributed by atoms with Gasteiger partial charge in [0.25, 0.3) is 0 Å². The van der Waals surface area contributed by atoms with Crippen LogP contribution in [0.15, 0.2) is 18.2 Å². The molecule has 112 valence electrons. The van der Waals surface area contributed by atoms with Crippen molar-refractivity contribution in [3.63, 3.8) is 0 Å². The molecule has 0 spiro atoms. The summed E-state index contributed by atoms with van der Waals surface area (Å²) in [5.74, 6) is 0.245. The molecule has 1 aromatic carbocycles. The van der Waals surface area contributed by atoms with E-state index in [9.17, 15) is 9.18 Å². The van der Waals surface area contributed by atoms with Crippen LogP contribution >= 0.6 is 0 Å². The highest BCUT2D eigenvalue weighted by atomic mass is 19.1. The molecule has 2 nitrogen and oxygen atoms in total. The molecule has 0 heterocycles. The number of Topliss-reactive ketones (excluding diaryl/α,β-unsaturated/α-hetero) is 1. The van der Waals surface area contributed by atoms with Crippen LogP contribution in [0, 0.1) is 24.1 Å². The van der Waals surface area contributed by atoms with Crippen molar-refractivity contribution in [3.05, 3.63) is 35.1 Å². The van der Waals surface area contributed by atoms with Crippen molar-refractivity contribution < 1.29 is 9.18 Å². The molecule has 1 aromatic rings. The number of hydrogen-bond acceptors (Lipinski definition) is 2. The third kappa shape index (κ3) is 4.71. The molecule has 3 heteroatoms. The number of halogens is 1. The fourth-order valence-electron chi connectivity index (χ4n) is 2.48. The van der Waals surface area contributed by atoms with E-state index in [0.717, 1.165) is 12.8 Å². The zero-order valence-electron chi connectivity index (χ0n) is 13.0. The molecule has 0 aromatic heterocycles. The van der Waals surface area contributed by atoms with Gasteiger partial charge >= 0.3 is 0 Å². The van der Waals surface area contributed by atoms with Crippen molar-refractivity contribution >= 4 is 5.78 Å². The molecule has 1 atom stereocenters. The van der Waals surface area contributed by atoms with Crippen molar-refractivity contribution in [1.82, 2.24) is 0 Å². The highest BCUT2D eigenvalue weighted by Gasteiger charge is 2.24. The summed E-state index contributed by atoms with van der Waals surface area (Å²) in [6.07, 6.45) is 2.25. The van der Waals surface area contributed by atoms with Gasteiger partial charge in [-0.25, -0.2) is 4.39 Å². The quantitative estimate of drug-likeness (QED) is 0.796. The highest BCUT2D eigenvalue weighted by molar-refractivity contribution is 5.96. The molecule has 0 aliphatic carbocycles. The minimum Gasteiger partial charge on any atom is -0.330 e. The SMILES string of the molecule is Cc1cc(C(=O)CCC(CCN)C(C)(C)C)ccc1F. The van der Waals surface area contributed by atoms with E-state index in [1.165, 1.54) is 6.07 Å². The van der Waals surface area contributed by atoms with Crippen molar-refractivity contribution in [2.75, 3.05) is 6.54 Å². The maximum Gasteiger partial charge on any atom is 0.162 e. The average molecular weight is 279 g/mol. The van der Waals surface area contributed by atoms with E-state index in [1.54, 1.807) is 19.1 Å². The van der Waals surface area contributed by atoms with Crippen LogP contribution in [0.5, 0.6) is 0 Å². The van der Waals surface area contributed by atoms with E-state index in [-0.39, 0.29) is 17.0 Å². The van der Waals surface area contributed by atoms with E-state index >= 15 is 0 Å². The van der Waals surface area contributed by atoms with Gasteiger partial charge < -0.3 is 5.73 Å². The fraction of sp³-hybridized carbons (Fsp3) is 0.588. The molecule has 0 fully saturated rings. The third-order valence-corrected chi connectivity index (χ3v) is 3.94. The minimum atomic E-state index is -0.266. The van der Waals surface area contributed by atoms with Gasteiger partial charge in [-0.1, -0.05) is 20.8 Å². The van der Waals surface area contributed by atoms with Gasteiger partial charge in [-0.3, -0.25) is 4.79 Å². The Kier molecular flexibility index (Phi) is 5.88. The van der Waals surface area contributed by atoms with Crippen molar-refractivity contribution in [1.29, 1.82) is 0 Å². The first-order chi connectivity index (χ1) is 9.25. The number of hydrogen-bond donors (Lipinski definition) is 1. The van der Waals surface area contributed by atoms with Gasteiger partial charge in [0.05, 0.1) is 0 Å². The van der Waals surface area contributed by atoms with E-state index in [0.29, 0.717) is 30.0 Å². The van der Waals surface area contributed by atoms with Crippen LogP contribution in [0.1, 0.15) is 56.0 Å². The second-order valence-corrected chi connectivity index (χ2v) is 6.57. The zero-order chi connectivity index (χ0) is 15.3. The van der Waals surface area contributed by atoms with Gasteiger partial charge in [0.2, 0.25) is 0 Å². The van der Waals surface area contributed by atoms with Crippen LogP contribution in [0.25, 0.3) is 0 Å². The second-order valence-electron chi connectivity index (χ2n) is 6.57. The molecule has 0 aliphatic rings. The van der Waals surface area contributed by atoms with Gasteiger partial charge in [-0.15, -0.1) is 0 Å². The predicted octanol–water partition coefficient (Wildman–Crippen LogP) is 4.11. The van der Waals surface area contributed by atoms with Crippen LogP contribution in [-0.4, -0.2) is 12.3 Å². The molecule has 2 N–H and O–H groups in total. The molecule has 0 saturated carbocycles. The minimum absolute atomic E-state index is 0.0828. The molecular formula is C17H26FNO. The number of ketones is 1. The number of nitrogens with two attached hydrogens (primary N) is 1. The smallest absolute Gasteiger partial charge is 0.162 e. The lowest BCUT2D eigenvalue weighted by atomic mass is 9.75. The topological polar surface area (TPSA) is 43.1 Å². The summed E-state index contributed by atoms with van der Waals surface area (Å²) in [5.41, 5.74) is 6.92. The van der Waals surface area contributed by atoms with Gasteiger partial charge in [0.1, 0.15) is 5.82 Å². The van der Waals surface area contributed by atoms with E-state index in [4.69, 9.17) is 5.73 Å². The normalized spacial score (nSPS) is 13.3. The van der Waals surface area contributed by atoms with E-state index < -0.39 is 0 Å². The predicted molar refractivity (Wildman–Crippen MR) is 81.3 cm³/mol. The Morgan fingerprint density at radius 2 is 1.95 bits per heavy atom. The Morgan fingerprint density at radius 3 is 2.45 bits per heavy atom. The Bertz CT molecular complexity index is 463. The van der Waals surface area contributed by atoms with Gasteiger partial charge in [0, 0.05) is 12.0 Å². The number of carbonyl (C=O) groups excluding carboxylic acids is 1. The lowest BCUT2D eigenvalue weighted by Gasteiger charge is -2.30. The maximum absolute atomic E-state index is 13.2. The molecule has 0 bridgehead atoms. The van der Waals surface area contributed by atoms with Crippen molar-refractivity contribution in [2.24, 2.45) is 17.1 Å². The first kappa shape index (κ1) is 16.8. The van der Waals surface area contributed by atoms with Crippen molar-refractivity contribution in [2.45, 2.75) is 47.0 Å². The molecule has 0 radical (unpaired) electrons. The molecule has 20 heavy (non-hydrogen) atoms. The van der Waals surface area contributed by atoms with Crippen LogP contribution in [0.3, 0.4) is 0 Å². The Hall–Kier alpha value is -1.22. The summed E-state index contributed by atoms with van der Waals surface area (Å²) >= 11 is 0. The number of carbonyl (C=O) groups is 1. The lowest BCUT2D eigenvalue weighted by Crippen LogP contribution is -2.24. The van der Waals surface area contributed by atoms with Crippen LogP contribution < -0.4 is 5.73 Å². The summed E-state index contributed by atoms with van der Waals surface area (Å²) < 4.78 is 13.2. The summed E-state index contributed by atoms with van der Waals surface area (Å²) in [5, 5.41) is 0. The number of rotatable bonds is 6. The monoisotopic (exact) mass is 279 g/mol. The molecular weight excluding hydrogens is 253 g/mol. The molecule has 0 aliphatic heterocycles. The van der Waals surface area contributed by atoms with Gasteiger partial charge in [-0.2, -0.15) is 0 Å². The Balaban J connectivity index is 2.68. The van der Waals surface area contributed by atoms with Crippen LogP contribution in [-0.2, 0) is 0 Å². The Morgan fingerprint density at radius 1 is 1.30 bits per heavy atom. The first-order valence-electron chi connectivity index (χ1n) is 7.25. The lowest BCUT2D eigenvalue weighted by molar-refractivity contribution is 0.0957. The summed E-state index contributed by atoms with van der Waals surface area (Å²) in [6.45, 7) is 8.86. The average Bonchev–Trinajstić information content (AvgIpc) is 2.36. The summed E-state index contributed by atoms with van der Waals surface area (Å²) in [4.78, 5) is 12.2. The maximum atomic E-state index is 13.2. The van der Waals surface area contributed by atoms with E-state index in [1.807, 2.05) is 0 Å². The summed E-state index contributed by atoms with van der Waals surface area (Å²) in [6, 6.07) is 4.57. The zero-order valence-corrected chi connectivity index (χ0v) is 13.0. The van der Waals surface area contributed by atoms with Gasteiger partial charge in [0.15, 0.2) is 5.78 Å². The molecule has 0 amide bonds. The highest BCUT2D eigenvalue weighted by Crippen LogP contribution is 2.32. The standard InChI is InChI=1S/C17H26FNO/c1-12-11-13(5-7-15(12)18)16(20)8-6-14(9-10-19)17(2,3)4/h5,7,11,14H,6,8-10,19H2,1-4H3. The summed E-state index contributed by atoms with van der Waals surface area (Å²) in [7, 11) is 0. The number of benzene rings is 1. The first-order valence-corrected chi connectivity index (χ1v) is 7.25. The molecule has 0 saturated heterocycles. The van der Waals surface area contributed by atoms with Crippen molar-refractivity contribution in [3.8, 4) is 0 Å². The second kappa shape index (κ2) is 6.98. The fourth-order valence-corrected chi connectivity index (χ4v) is 2.48. The third-order valence-electron chi connectivity index (χ3n) is 3.94. The molecule has 1 unspecified atom stereocenters.